The molecule has 10 heteroatoms. The third-order valence-electron chi connectivity index (χ3n) is 32.6. The summed E-state index contributed by atoms with van der Waals surface area (Å²) in [6.45, 7) is 67.7. The first kappa shape index (κ1) is 86.0. The van der Waals surface area contributed by atoms with E-state index < -0.39 is 22.5 Å². The van der Waals surface area contributed by atoms with Crippen molar-refractivity contribution in [1.29, 1.82) is 0 Å². The molecule has 658 valence electrons. The Bertz CT molecular complexity index is 6650. The van der Waals surface area contributed by atoms with Crippen LogP contribution in [0.15, 0.2) is 185 Å². The lowest BCUT2D eigenvalue weighted by molar-refractivity contribution is 0.280. The zero-order chi connectivity index (χ0) is 91.3. The van der Waals surface area contributed by atoms with Crippen molar-refractivity contribution >= 4 is 115 Å². The number of hydrogen-bond acceptors (Lipinski definition) is 6. The Morgan fingerprint density at radius 1 is 0.336 bits per heavy atom. The Balaban J connectivity index is 0.821. The van der Waals surface area contributed by atoms with Crippen LogP contribution in [-0.2, 0) is 71.4 Å². The number of hydrogen-bond donors (Lipinski definition) is 0. The zero-order valence-electron chi connectivity index (χ0n) is 82.1. The van der Waals surface area contributed by atoms with Gasteiger partial charge in [-0.25, -0.2) is 8.78 Å². The molecule has 4 aliphatic heterocycles. The van der Waals surface area contributed by atoms with Crippen molar-refractivity contribution < 1.29 is 17.6 Å². The topological polar surface area (TPSA) is 39.2 Å². The minimum atomic E-state index is -0.661. The molecule has 4 aliphatic carbocycles. The Kier molecular flexibility index (Phi) is 18.8. The lowest BCUT2D eigenvalue weighted by Gasteiger charge is -2.48. The predicted octanol–water partition coefficient (Wildman–Crippen LogP) is 29.1. The first-order valence-corrected chi connectivity index (χ1v) is 48.0. The summed E-state index contributed by atoms with van der Waals surface area (Å²) in [4.78, 5) is 10.0. The molecular weight excluding hydrogens is 1560 g/mol. The van der Waals surface area contributed by atoms with Gasteiger partial charge in [-0.3, -0.25) is 9.80 Å². The maximum absolute atomic E-state index is 20.4. The highest BCUT2D eigenvalue weighted by Crippen LogP contribution is 2.60. The normalized spacial score (nSPS) is 19.7. The molecular formula is C118H134B2F2N4O2. The average molecular weight is 1700 g/mol. The highest BCUT2D eigenvalue weighted by Gasteiger charge is 2.58. The fourth-order valence-corrected chi connectivity index (χ4v) is 24.3. The molecule has 10 aromatic carbocycles. The average Bonchev–Trinajstić information content (AvgIpc) is 1.35. The Morgan fingerprint density at radius 2 is 0.727 bits per heavy atom. The van der Waals surface area contributed by atoms with Crippen LogP contribution < -0.4 is 52.4 Å². The standard InChI is InChI=1S/C118H134B2F2N4O2/c1-68-57-91-98-92(58-68)126(90-65-81-80(111(15,16)49-50-112(81,17)18)63-84(90)119(98)100-96-103(116(25,26)53-51-114(96,21)22)127-105(100)123(91)77-42-36-73(37-43-77)107(3,4)5)88-48-41-76(110(12,13)14)62-79(88)95-86(121)46-35-71(102(95)122)67-118(29)56-55-113(19,20)82-66-89-85(64-83(82)118)120-99-93(60-72(70-33-31-30-32-34-70)61-94(99)125(89)87-47-40-75(59-69(87)2)109(9,10)11)124(78-44-38-74(39-45-78)108(6,7)8)106-101(120)97-104(128-106)117(27,28)54-52-115(97,23)24/h30-48,57-66H,49-56,67H2,1-29H3. The van der Waals surface area contributed by atoms with E-state index in [-0.39, 0.29) is 73.1 Å². The van der Waals surface area contributed by atoms with Crippen molar-refractivity contribution in [3.8, 4) is 22.3 Å². The maximum Gasteiger partial charge on any atom is 0.256 e. The summed E-state index contributed by atoms with van der Waals surface area (Å²) in [5.41, 5.74) is 32.8. The molecule has 0 saturated heterocycles. The van der Waals surface area contributed by atoms with Crippen molar-refractivity contribution in [1.82, 2.24) is 0 Å². The van der Waals surface area contributed by atoms with E-state index in [1.807, 2.05) is 0 Å². The Labute approximate surface area is 764 Å². The van der Waals surface area contributed by atoms with E-state index in [2.05, 4.69) is 384 Å². The zero-order valence-corrected chi connectivity index (χ0v) is 82.1. The van der Waals surface area contributed by atoms with Crippen molar-refractivity contribution in [2.24, 2.45) is 0 Å². The maximum atomic E-state index is 20.4. The second kappa shape index (κ2) is 28.0. The molecule has 0 N–H and O–H groups in total. The van der Waals surface area contributed by atoms with Crippen molar-refractivity contribution in [2.45, 2.75) is 324 Å². The Morgan fingerprint density at radius 3 is 1.20 bits per heavy atom. The van der Waals surface area contributed by atoms with Crippen molar-refractivity contribution in [3.05, 3.63) is 271 Å². The van der Waals surface area contributed by atoms with Crippen LogP contribution in [0.3, 0.4) is 0 Å². The molecule has 0 saturated carbocycles. The van der Waals surface area contributed by atoms with Gasteiger partial charge in [-0.2, -0.15) is 0 Å². The fourth-order valence-electron chi connectivity index (χ4n) is 24.3. The quantitative estimate of drug-likeness (QED) is 0.141. The summed E-state index contributed by atoms with van der Waals surface area (Å²) in [7, 11) is 0. The number of aryl methyl sites for hydroxylation is 2. The van der Waals surface area contributed by atoms with Crippen LogP contribution in [0.2, 0.25) is 0 Å². The molecule has 128 heavy (non-hydrogen) atoms. The highest BCUT2D eigenvalue weighted by molar-refractivity contribution is 7.01. The predicted molar refractivity (Wildman–Crippen MR) is 540 cm³/mol. The van der Waals surface area contributed by atoms with Crippen LogP contribution in [0.25, 0.3) is 22.3 Å². The molecule has 0 amide bonds. The number of benzene rings is 10. The smallest absolute Gasteiger partial charge is 0.256 e. The van der Waals surface area contributed by atoms with Gasteiger partial charge in [0.05, 0.1) is 11.3 Å². The van der Waals surface area contributed by atoms with Crippen LogP contribution >= 0.6 is 0 Å². The number of fused-ring (bicyclic) bond motifs is 14. The molecule has 0 fully saturated rings. The second-order valence-electron chi connectivity index (χ2n) is 49.3. The van der Waals surface area contributed by atoms with Gasteiger partial charge in [0, 0.05) is 67.6 Å². The molecule has 20 rings (SSSR count). The van der Waals surface area contributed by atoms with E-state index in [0.717, 1.165) is 154 Å². The summed E-state index contributed by atoms with van der Waals surface area (Å²) >= 11 is 0. The molecule has 6 heterocycles. The monoisotopic (exact) mass is 1700 g/mol. The van der Waals surface area contributed by atoms with E-state index in [1.54, 1.807) is 12.1 Å². The molecule has 12 aromatic rings. The van der Waals surface area contributed by atoms with Crippen molar-refractivity contribution in [2.75, 3.05) is 19.6 Å². The number of halogens is 2. The first-order valence-electron chi connectivity index (χ1n) is 48.0. The number of rotatable bonds is 8. The summed E-state index contributed by atoms with van der Waals surface area (Å²) in [5, 5.41) is 0. The van der Waals surface area contributed by atoms with Gasteiger partial charge in [-0.1, -0.05) is 278 Å². The molecule has 1 atom stereocenters. The lowest BCUT2D eigenvalue weighted by atomic mass is 9.32. The molecule has 0 radical (unpaired) electrons. The fraction of sp³-hybridized carbons (Fsp3) is 0.424. The first-order chi connectivity index (χ1) is 59.7. The van der Waals surface area contributed by atoms with Gasteiger partial charge >= 0.3 is 0 Å². The minimum absolute atomic E-state index is 0.000498. The summed E-state index contributed by atoms with van der Waals surface area (Å²) in [6.07, 6.45) is 7.99. The minimum Gasteiger partial charge on any atom is -0.444 e. The van der Waals surface area contributed by atoms with Gasteiger partial charge < -0.3 is 18.6 Å². The van der Waals surface area contributed by atoms with Gasteiger partial charge in [0.1, 0.15) is 23.2 Å². The van der Waals surface area contributed by atoms with Crippen LogP contribution in [0.4, 0.5) is 77.4 Å². The summed E-state index contributed by atoms with van der Waals surface area (Å²) in [5.74, 6) is 2.80. The second-order valence-corrected chi connectivity index (χ2v) is 49.3. The third kappa shape index (κ3) is 13.1. The molecule has 6 nitrogen and oxygen atoms in total. The van der Waals surface area contributed by atoms with Crippen LogP contribution in [0.5, 0.6) is 0 Å². The van der Waals surface area contributed by atoms with E-state index >= 15 is 8.78 Å². The van der Waals surface area contributed by atoms with Gasteiger partial charge in [0.2, 0.25) is 0 Å². The molecule has 2 aromatic heterocycles. The molecule has 0 bridgehead atoms. The molecule has 1 unspecified atom stereocenters. The number of nitrogens with zero attached hydrogens (tertiary/aromatic N) is 4. The molecule has 8 aliphatic rings. The summed E-state index contributed by atoms with van der Waals surface area (Å²) in [6, 6.07) is 66.7. The van der Waals surface area contributed by atoms with E-state index in [4.69, 9.17) is 8.83 Å². The van der Waals surface area contributed by atoms with Gasteiger partial charge in [-0.15, -0.1) is 0 Å². The van der Waals surface area contributed by atoms with Crippen LogP contribution in [0.1, 0.15) is 322 Å². The van der Waals surface area contributed by atoms with E-state index in [9.17, 15) is 0 Å². The Hall–Kier alpha value is -10.1. The van der Waals surface area contributed by atoms with Gasteiger partial charge in [0.15, 0.2) is 11.8 Å². The lowest BCUT2D eigenvalue weighted by Crippen LogP contribution is -2.63. The van der Waals surface area contributed by atoms with Gasteiger partial charge in [-0.05, 0) is 327 Å². The SMILES string of the molecule is Cc1cc2c3c(c1)N(c1ccc(C(C)(C)C)cc1)c1oc4c(c1B3c1cc3c(cc1N2c1ccc(C(C)(C)C)cc1-c1c(F)ccc(CC2(C)CCC(C)(C)c5cc6c(cc52)B2c5c(cc(-c7ccccc7)cc5N(c5ccc(C(C)(C)C)cc5)c5oc7c(c52)C(C)(C)CCC7(C)C)N6c2ccc(C(C)(C)C)cc2C)c1F)C(C)(C)CCC3(C)C)C(C)(C)CCC4(C)C. The van der Waals surface area contributed by atoms with Crippen LogP contribution in [-0.4, -0.2) is 13.4 Å². The number of anilines is 12. The highest BCUT2D eigenvalue weighted by atomic mass is 19.1. The van der Waals surface area contributed by atoms with E-state index in [0.29, 0.717) is 17.5 Å². The van der Waals surface area contributed by atoms with Crippen molar-refractivity contribution in [3.63, 3.8) is 0 Å². The van der Waals surface area contributed by atoms with Crippen LogP contribution in [0, 0.1) is 25.5 Å². The van der Waals surface area contributed by atoms with E-state index in [1.165, 1.54) is 88.4 Å². The third-order valence-corrected chi connectivity index (χ3v) is 32.6. The summed E-state index contributed by atoms with van der Waals surface area (Å²) < 4.78 is 55.1. The molecule has 0 spiro atoms. The largest absolute Gasteiger partial charge is 0.444 e. The number of furan rings is 2. The van der Waals surface area contributed by atoms with Gasteiger partial charge in [0.25, 0.3) is 13.4 Å².